The smallest absolute Gasteiger partial charge is 0.229 e. The lowest BCUT2D eigenvalue weighted by atomic mass is 10.3. The van der Waals surface area contributed by atoms with Gasteiger partial charge in [-0.1, -0.05) is 6.07 Å². The van der Waals surface area contributed by atoms with Crippen LogP contribution in [0.1, 0.15) is 0 Å². The Kier molecular flexibility index (Phi) is 3.43. The van der Waals surface area contributed by atoms with Crippen LogP contribution in [-0.4, -0.2) is 22.1 Å². The van der Waals surface area contributed by atoms with E-state index in [4.69, 9.17) is 12.2 Å². The Morgan fingerprint density at radius 2 is 2.31 bits per heavy atom. The highest BCUT2D eigenvalue weighted by Gasteiger charge is 2.03. The molecule has 0 aliphatic rings. The van der Waals surface area contributed by atoms with E-state index in [-0.39, 0.29) is 0 Å². The van der Waals surface area contributed by atoms with Gasteiger partial charge in [0.1, 0.15) is 0 Å². The van der Waals surface area contributed by atoms with Crippen molar-refractivity contribution in [2.45, 2.75) is 0 Å². The average Bonchev–Trinajstić information content (AvgIpc) is 2.83. The molecule has 0 saturated heterocycles. The minimum absolute atomic E-state index is 0.503. The van der Waals surface area contributed by atoms with Gasteiger partial charge < -0.3 is 10.6 Å². The monoisotopic (exact) mass is 250 g/mol. The van der Waals surface area contributed by atoms with Gasteiger partial charge in [-0.25, -0.2) is 9.97 Å². The van der Waals surface area contributed by atoms with Gasteiger partial charge in [0.2, 0.25) is 5.95 Å². The van der Waals surface area contributed by atoms with Crippen LogP contribution in [0.4, 0.5) is 5.95 Å². The summed E-state index contributed by atoms with van der Waals surface area (Å²) >= 11 is 6.62. The molecule has 16 heavy (non-hydrogen) atoms. The number of rotatable bonds is 2. The van der Waals surface area contributed by atoms with Crippen molar-refractivity contribution >= 4 is 34.6 Å². The molecule has 2 N–H and O–H groups in total. The van der Waals surface area contributed by atoms with Crippen LogP contribution in [0.3, 0.4) is 0 Å². The molecule has 0 aromatic carbocycles. The summed E-state index contributed by atoms with van der Waals surface area (Å²) in [5.41, 5.74) is 0.895. The molecule has 2 heterocycles. The lowest BCUT2D eigenvalue weighted by Crippen LogP contribution is -2.25. The number of nitrogens with zero attached hydrogens (tertiary/aromatic N) is 2. The topological polar surface area (TPSA) is 49.8 Å². The first-order chi connectivity index (χ1) is 7.79. The van der Waals surface area contributed by atoms with Gasteiger partial charge in [-0.2, -0.15) is 0 Å². The second-order valence-corrected chi connectivity index (χ2v) is 4.30. The molecule has 4 nitrogen and oxygen atoms in total. The van der Waals surface area contributed by atoms with Gasteiger partial charge in [0.05, 0.1) is 10.6 Å². The highest BCUT2D eigenvalue weighted by Crippen LogP contribution is 2.22. The van der Waals surface area contributed by atoms with Crippen molar-refractivity contribution in [3.63, 3.8) is 0 Å². The Hall–Kier alpha value is -1.53. The van der Waals surface area contributed by atoms with Gasteiger partial charge in [0.25, 0.3) is 0 Å². The van der Waals surface area contributed by atoms with Gasteiger partial charge in [-0.3, -0.25) is 0 Å². The first-order valence-electron chi connectivity index (χ1n) is 4.65. The number of hydrogen-bond acceptors (Lipinski definition) is 4. The predicted molar refractivity (Wildman–Crippen MR) is 70.6 cm³/mol. The first kappa shape index (κ1) is 11.0. The molecule has 0 spiro atoms. The SMILES string of the molecule is CNC(=S)Nc1nccc(-c2cccs2)n1. The molecule has 0 aliphatic carbocycles. The van der Waals surface area contributed by atoms with Crippen molar-refractivity contribution in [2.75, 3.05) is 12.4 Å². The maximum Gasteiger partial charge on any atom is 0.229 e. The molecule has 82 valence electrons. The quantitative estimate of drug-likeness (QED) is 0.800. The van der Waals surface area contributed by atoms with Crippen LogP contribution in [0.25, 0.3) is 10.6 Å². The Morgan fingerprint density at radius 3 is 3.00 bits per heavy atom. The molecule has 2 aromatic rings. The number of nitrogens with one attached hydrogen (secondary N) is 2. The molecule has 0 fully saturated rings. The Labute approximate surface area is 103 Å². The van der Waals surface area contributed by atoms with Crippen LogP contribution in [0.15, 0.2) is 29.8 Å². The van der Waals surface area contributed by atoms with E-state index in [0.29, 0.717) is 11.1 Å². The number of thiophene rings is 1. The summed E-state index contributed by atoms with van der Waals surface area (Å²) in [6.07, 6.45) is 1.71. The van der Waals surface area contributed by atoms with Crippen LogP contribution in [-0.2, 0) is 0 Å². The Morgan fingerprint density at radius 1 is 1.44 bits per heavy atom. The fraction of sp³-hybridized carbons (Fsp3) is 0.100. The lowest BCUT2D eigenvalue weighted by Gasteiger charge is -2.05. The third-order valence-corrected chi connectivity index (χ3v) is 3.08. The maximum atomic E-state index is 4.98. The predicted octanol–water partition coefficient (Wildman–Crippen LogP) is 2.12. The molecule has 6 heteroatoms. The van der Waals surface area contributed by atoms with Gasteiger partial charge >= 0.3 is 0 Å². The first-order valence-corrected chi connectivity index (χ1v) is 5.94. The van der Waals surface area contributed by atoms with E-state index in [2.05, 4.69) is 20.6 Å². The van der Waals surface area contributed by atoms with Crippen molar-refractivity contribution in [2.24, 2.45) is 0 Å². The normalized spacial score (nSPS) is 9.81. The fourth-order valence-corrected chi connectivity index (χ4v) is 1.93. The van der Waals surface area contributed by atoms with E-state index in [0.717, 1.165) is 10.6 Å². The third kappa shape index (κ3) is 2.53. The van der Waals surface area contributed by atoms with E-state index in [1.165, 1.54) is 0 Å². The number of hydrogen-bond donors (Lipinski definition) is 2. The Balaban J connectivity index is 2.23. The molecule has 0 amide bonds. The van der Waals surface area contributed by atoms with Crippen LogP contribution in [0, 0.1) is 0 Å². The fourth-order valence-electron chi connectivity index (χ4n) is 1.14. The summed E-state index contributed by atoms with van der Waals surface area (Å²) in [6.45, 7) is 0. The van der Waals surface area contributed by atoms with Gasteiger partial charge in [-0.15, -0.1) is 11.3 Å². The van der Waals surface area contributed by atoms with Gasteiger partial charge in [0.15, 0.2) is 5.11 Å². The van der Waals surface area contributed by atoms with E-state index in [1.54, 1.807) is 24.6 Å². The van der Waals surface area contributed by atoms with Crippen molar-refractivity contribution < 1.29 is 0 Å². The van der Waals surface area contributed by atoms with Crippen molar-refractivity contribution in [1.82, 2.24) is 15.3 Å². The molecule has 0 atom stereocenters. The lowest BCUT2D eigenvalue weighted by molar-refractivity contribution is 1.14. The van der Waals surface area contributed by atoms with Crippen LogP contribution in [0.5, 0.6) is 0 Å². The molecule has 2 rings (SSSR count). The van der Waals surface area contributed by atoms with Crippen molar-refractivity contribution in [3.8, 4) is 10.6 Å². The molecule has 0 unspecified atom stereocenters. The summed E-state index contributed by atoms with van der Waals surface area (Å²) in [4.78, 5) is 9.57. The largest absolute Gasteiger partial charge is 0.365 e. The standard InChI is InChI=1S/C10H10N4S2/c1-11-10(15)14-9-12-5-4-7(13-9)8-3-2-6-16-8/h2-6H,1H3,(H2,11,12,13,14,15). The minimum Gasteiger partial charge on any atom is -0.365 e. The molecule has 0 radical (unpaired) electrons. The summed E-state index contributed by atoms with van der Waals surface area (Å²) in [6, 6.07) is 5.89. The van der Waals surface area contributed by atoms with E-state index in [1.807, 2.05) is 23.6 Å². The Bertz CT molecular complexity index is 481. The van der Waals surface area contributed by atoms with Gasteiger partial charge in [-0.05, 0) is 29.7 Å². The zero-order valence-corrected chi connectivity index (χ0v) is 10.2. The van der Waals surface area contributed by atoms with Crippen molar-refractivity contribution in [3.05, 3.63) is 29.8 Å². The van der Waals surface area contributed by atoms with Crippen molar-refractivity contribution in [1.29, 1.82) is 0 Å². The maximum absolute atomic E-state index is 4.98. The average molecular weight is 250 g/mol. The zero-order chi connectivity index (χ0) is 11.4. The van der Waals surface area contributed by atoms with E-state index >= 15 is 0 Å². The summed E-state index contributed by atoms with van der Waals surface area (Å²) in [5.74, 6) is 0.505. The number of aromatic nitrogens is 2. The number of anilines is 1. The minimum atomic E-state index is 0.503. The third-order valence-electron chi connectivity index (χ3n) is 1.88. The summed E-state index contributed by atoms with van der Waals surface area (Å²) in [7, 11) is 1.75. The summed E-state index contributed by atoms with van der Waals surface area (Å²) < 4.78 is 0. The van der Waals surface area contributed by atoms with Crippen LogP contribution in [0.2, 0.25) is 0 Å². The van der Waals surface area contributed by atoms with Crippen LogP contribution >= 0.6 is 23.6 Å². The van der Waals surface area contributed by atoms with E-state index < -0.39 is 0 Å². The second kappa shape index (κ2) is 5.00. The molecular formula is C10H10N4S2. The molecule has 0 aliphatic heterocycles. The highest BCUT2D eigenvalue weighted by molar-refractivity contribution is 7.80. The summed E-state index contributed by atoms with van der Waals surface area (Å²) in [5, 5.41) is 8.23. The zero-order valence-electron chi connectivity index (χ0n) is 8.60. The molecule has 2 aromatic heterocycles. The van der Waals surface area contributed by atoms with Crippen LogP contribution < -0.4 is 10.6 Å². The van der Waals surface area contributed by atoms with Gasteiger partial charge in [0, 0.05) is 13.2 Å². The highest BCUT2D eigenvalue weighted by atomic mass is 32.1. The van der Waals surface area contributed by atoms with E-state index in [9.17, 15) is 0 Å². The number of thiocarbonyl (C=S) groups is 1. The molecule has 0 saturated carbocycles. The molecule has 0 bridgehead atoms. The molecular weight excluding hydrogens is 240 g/mol. The second-order valence-electron chi connectivity index (χ2n) is 2.95.